The van der Waals surface area contributed by atoms with Crippen molar-refractivity contribution < 1.29 is 9.53 Å². The predicted octanol–water partition coefficient (Wildman–Crippen LogP) is 2.77. The van der Waals surface area contributed by atoms with Gasteiger partial charge in [-0.05, 0) is 44.2 Å². The van der Waals surface area contributed by atoms with Gasteiger partial charge in [0.25, 0.3) is 0 Å². The molecule has 3 aliphatic rings. The van der Waals surface area contributed by atoms with Crippen molar-refractivity contribution in [1.29, 1.82) is 0 Å². The normalized spacial score (nSPS) is 26.1. The summed E-state index contributed by atoms with van der Waals surface area (Å²) in [6, 6.07) is 6.70. The quantitative estimate of drug-likeness (QED) is 0.885. The number of anilines is 1. The van der Waals surface area contributed by atoms with E-state index in [0.29, 0.717) is 18.7 Å². The fraction of sp³-hybridized carbons (Fsp3) is 0.684. The number of nitrogens with zero attached hydrogens (tertiary/aromatic N) is 2. The summed E-state index contributed by atoms with van der Waals surface area (Å²) in [4.78, 5) is 18.7. The van der Waals surface area contributed by atoms with Crippen molar-refractivity contribution in [1.82, 2.24) is 15.2 Å². The van der Waals surface area contributed by atoms with E-state index in [2.05, 4.69) is 15.6 Å². The highest BCUT2D eigenvalue weighted by atomic mass is 16.5. The van der Waals surface area contributed by atoms with Gasteiger partial charge in [-0.3, -0.25) is 0 Å². The van der Waals surface area contributed by atoms with Crippen LogP contribution >= 0.6 is 0 Å². The van der Waals surface area contributed by atoms with Crippen molar-refractivity contribution in [3.05, 3.63) is 24.4 Å². The van der Waals surface area contributed by atoms with E-state index in [4.69, 9.17) is 4.74 Å². The first-order valence-corrected chi connectivity index (χ1v) is 9.59. The lowest BCUT2D eigenvalue weighted by molar-refractivity contribution is -0.0363. The molecule has 0 radical (unpaired) electrons. The van der Waals surface area contributed by atoms with E-state index in [1.807, 2.05) is 23.1 Å². The number of carbonyl (C=O) groups excluding carboxylic acids is 1. The van der Waals surface area contributed by atoms with Gasteiger partial charge in [0.05, 0.1) is 18.2 Å². The van der Waals surface area contributed by atoms with Crippen LogP contribution in [0.1, 0.15) is 44.9 Å². The second-order valence-corrected chi connectivity index (χ2v) is 7.67. The lowest BCUT2D eigenvalue weighted by Crippen LogP contribution is -2.51. The molecule has 1 atom stereocenters. The maximum absolute atomic E-state index is 12.4. The van der Waals surface area contributed by atoms with Gasteiger partial charge >= 0.3 is 6.03 Å². The van der Waals surface area contributed by atoms with Crippen LogP contribution in [0.4, 0.5) is 10.6 Å². The Kier molecular flexibility index (Phi) is 4.79. The Morgan fingerprint density at radius 1 is 1.20 bits per heavy atom. The highest BCUT2D eigenvalue weighted by Gasteiger charge is 2.43. The maximum atomic E-state index is 12.4. The van der Waals surface area contributed by atoms with Crippen LogP contribution in [0.25, 0.3) is 0 Å². The molecule has 3 fully saturated rings. The SMILES string of the molecule is O=C(NC1CCCC1)N1CCC2(CC1)C[C@@H](Nc1ccccn1)CO2. The minimum atomic E-state index is -0.0728. The van der Waals surface area contributed by atoms with Crippen LogP contribution in [-0.4, -0.2) is 53.3 Å². The molecule has 25 heavy (non-hydrogen) atoms. The Hall–Kier alpha value is -1.82. The molecule has 1 aliphatic carbocycles. The first kappa shape index (κ1) is 16.6. The number of carbonyl (C=O) groups is 1. The zero-order chi connectivity index (χ0) is 17.1. The molecule has 1 saturated carbocycles. The number of aromatic nitrogens is 1. The van der Waals surface area contributed by atoms with Crippen LogP contribution in [0, 0.1) is 0 Å². The van der Waals surface area contributed by atoms with E-state index in [9.17, 15) is 4.79 Å². The molecule has 2 aliphatic heterocycles. The van der Waals surface area contributed by atoms with Gasteiger partial charge in [-0.2, -0.15) is 0 Å². The summed E-state index contributed by atoms with van der Waals surface area (Å²) in [6.07, 6.45) is 9.38. The largest absolute Gasteiger partial charge is 0.373 e. The summed E-state index contributed by atoms with van der Waals surface area (Å²) >= 11 is 0. The van der Waals surface area contributed by atoms with E-state index >= 15 is 0 Å². The van der Waals surface area contributed by atoms with E-state index in [1.54, 1.807) is 6.20 Å². The number of piperidine rings is 1. The minimum Gasteiger partial charge on any atom is -0.373 e. The standard InChI is InChI=1S/C19H28N4O2/c24-18(22-15-5-1-2-6-15)23-11-8-19(9-12-23)13-16(14-25-19)21-17-7-3-4-10-20-17/h3-4,7,10,15-16H,1-2,5-6,8-9,11-14H2,(H,20,21)(H,22,24)/t16-/m1/s1. The van der Waals surface area contributed by atoms with Crippen LogP contribution in [0.3, 0.4) is 0 Å². The smallest absolute Gasteiger partial charge is 0.317 e. The number of hydrogen-bond donors (Lipinski definition) is 2. The van der Waals surface area contributed by atoms with Crippen molar-refractivity contribution in [2.75, 3.05) is 25.0 Å². The molecule has 2 amide bonds. The Morgan fingerprint density at radius 2 is 2.00 bits per heavy atom. The molecule has 1 aromatic heterocycles. The van der Waals surface area contributed by atoms with Crippen LogP contribution < -0.4 is 10.6 Å². The molecular weight excluding hydrogens is 316 g/mol. The summed E-state index contributed by atoms with van der Waals surface area (Å²) in [5.41, 5.74) is -0.0728. The Labute approximate surface area is 149 Å². The molecule has 3 heterocycles. The van der Waals surface area contributed by atoms with Crippen LogP contribution in [0.15, 0.2) is 24.4 Å². The average Bonchev–Trinajstić information content (AvgIpc) is 3.27. The summed E-state index contributed by atoms with van der Waals surface area (Å²) in [5, 5.41) is 6.66. The topological polar surface area (TPSA) is 66.5 Å². The zero-order valence-corrected chi connectivity index (χ0v) is 14.7. The summed E-state index contributed by atoms with van der Waals surface area (Å²) in [5.74, 6) is 0.904. The molecule has 0 bridgehead atoms. The number of nitrogens with one attached hydrogen (secondary N) is 2. The molecule has 2 saturated heterocycles. The minimum absolute atomic E-state index is 0.0728. The molecule has 0 aromatic carbocycles. The third-order valence-electron chi connectivity index (χ3n) is 5.87. The molecule has 4 rings (SSSR count). The molecular formula is C19H28N4O2. The lowest BCUT2D eigenvalue weighted by atomic mass is 9.87. The number of likely N-dealkylation sites (tertiary alicyclic amines) is 1. The van der Waals surface area contributed by atoms with Gasteiger partial charge in [0.1, 0.15) is 5.82 Å². The van der Waals surface area contributed by atoms with E-state index in [1.165, 1.54) is 12.8 Å². The molecule has 6 nitrogen and oxygen atoms in total. The second kappa shape index (κ2) is 7.20. The van der Waals surface area contributed by atoms with Gasteiger partial charge in [-0.1, -0.05) is 18.9 Å². The third-order valence-corrected chi connectivity index (χ3v) is 5.87. The monoisotopic (exact) mass is 344 g/mol. The van der Waals surface area contributed by atoms with E-state index in [0.717, 1.165) is 51.0 Å². The number of pyridine rings is 1. The van der Waals surface area contributed by atoms with Gasteiger partial charge < -0.3 is 20.3 Å². The van der Waals surface area contributed by atoms with Gasteiger partial charge in [0.15, 0.2) is 0 Å². The fourth-order valence-corrected chi connectivity index (χ4v) is 4.40. The summed E-state index contributed by atoms with van der Waals surface area (Å²) in [6.45, 7) is 2.29. The highest BCUT2D eigenvalue weighted by Crippen LogP contribution is 2.36. The Balaban J connectivity index is 1.26. The van der Waals surface area contributed by atoms with Crippen molar-refractivity contribution in [3.8, 4) is 0 Å². The van der Waals surface area contributed by atoms with Gasteiger partial charge in [-0.25, -0.2) is 9.78 Å². The Bertz CT molecular complexity index is 580. The maximum Gasteiger partial charge on any atom is 0.317 e. The highest BCUT2D eigenvalue weighted by molar-refractivity contribution is 5.74. The van der Waals surface area contributed by atoms with Crippen LogP contribution in [-0.2, 0) is 4.74 Å². The van der Waals surface area contributed by atoms with Crippen molar-refractivity contribution in [2.45, 2.75) is 62.6 Å². The summed E-state index contributed by atoms with van der Waals surface area (Å²) < 4.78 is 6.18. The second-order valence-electron chi connectivity index (χ2n) is 7.67. The van der Waals surface area contributed by atoms with Crippen LogP contribution in [0.2, 0.25) is 0 Å². The van der Waals surface area contributed by atoms with E-state index in [-0.39, 0.29) is 11.6 Å². The fourth-order valence-electron chi connectivity index (χ4n) is 4.40. The number of rotatable bonds is 3. The predicted molar refractivity (Wildman–Crippen MR) is 96.5 cm³/mol. The van der Waals surface area contributed by atoms with Gasteiger partial charge in [0.2, 0.25) is 0 Å². The third kappa shape index (κ3) is 3.89. The molecule has 2 N–H and O–H groups in total. The lowest BCUT2D eigenvalue weighted by Gasteiger charge is -2.39. The molecule has 6 heteroatoms. The molecule has 0 unspecified atom stereocenters. The number of amides is 2. The molecule has 136 valence electrons. The van der Waals surface area contributed by atoms with Crippen molar-refractivity contribution >= 4 is 11.8 Å². The molecule has 1 spiro atoms. The number of ether oxygens (including phenoxy) is 1. The zero-order valence-electron chi connectivity index (χ0n) is 14.7. The average molecular weight is 344 g/mol. The first-order valence-electron chi connectivity index (χ1n) is 9.59. The molecule has 1 aromatic rings. The number of urea groups is 1. The van der Waals surface area contributed by atoms with Crippen molar-refractivity contribution in [3.63, 3.8) is 0 Å². The Morgan fingerprint density at radius 3 is 2.72 bits per heavy atom. The van der Waals surface area contributed by atoms with Crippen molar-refractivity contribution in [2.24, 2.45) is 0 Å². The van der Waals surface area contributed by atoms with Gasteiger partial charge in [0, 0.05) is 25.3 Å². The summed E-state index contributed by atoms with van der Waals surface area (Å²) in [7, 11) is 0. The van der Waals surface area contributed by atoms with Crippen LogP contribution in [0.5, 0.6) is 0 Å². The van der Waals surface area contributed by atoms with Gasteiger partial charge in [-0.15, -0.1) is 0 Å². The number of hydrogen-bond acceptors (Lipinski definition) is 4. The van der Waals surface area contributed by atoms with E-state index < -0.39 is 0 Å². The first-order chi connectivity index (χ1) is 12.2.